The molecule has 2 saturated carbocycles. The van der Waals surface area contributed by atoms with Crippen molar-refractivity contribution in [1.82, 2.24) is 0 Å². The molecule has 5 unspecified atom stereocenters. The smallest absolute Gasteiger partial charge is 0.326 e. The Labute approximate surface area is 123 Å². The average Bonchev–Trinajstić information content (AvgIpc) is 3.07. The first-order valence-electron chi connectivity index (χ1n) is 7.16. The Kier molecular flexibility index (Phi) is 4.22. The number of hydrogen-bond acceptors (Lipinski definition) is 7. The van der Waals surface area contributed by atoms with Gasteiger partial charge in [-0.05, 0) is 13.8 Å². The summed E-state index contributed by atoms with van der Waals surface area (Å²) in [5.41, 5.74) is 4.90. The topological polar surface area (TPSA) is 105 Å². The summed E-state index contributed by atoms with van der Waals surface area (Å²) in [6.07, 6.45) is -0.368. The van der Waals surface area contributed by atoms with E-state index in [1.165, 1.54) is 6.92 Å². The van der Waals surface area contributed by atoms with Crippen molar-refractivity contribution in [2.45, 2.75) is 38.8 Å². The van der Waals surface area contributed by atoms with Crippen LogP contribution < -0.4 is 5.73 Å². The van der Waals surface area contributed by atoms with Crippen molar-refractivity contribution in [3.63, 3.8) is 0 Å². The summed E-state index contributed by atoms with van der Waals surface area (Å²) in [6.45, 7) is 5.15. The van der Waals surface area contributed by atoms with E-state index in [2.05, 4.69) is 0 Å². The van der Waals surface area contributed by atoms with Crippen LogP contribution in [0.5, 0.6) is 0 Å². The van der Waals surface area contributed by atoms with Crippen LogP contribution in [0, 0.1) is 17.8 Å². The fourth-order valence-corrected chi connectivity index (χ4v) is 3.43. The van der Waals surface area contributed by atoms with Crippen LogP contribution >= 0.6 is 0 Å². The molecular weight excluding hydrogens is 278 g/mol. The summed E-state index contributed by atoms with van der Waals surface area (Å²) >= 11 is 0. The van der Waals surface area contributed by atoms with Crippen molar-refractivity contribution in [1.29, 1.82) is 0 Å². The molecule has 0 aromatic rings. The van der Waals surface area contributed by atoms with Gasteiger partial charge in [-0.15, -0.1) is 0 Å². The standard InChI is InChI=1S/C14H21NO6/c1-4-19-12(17)10-9-8(21-7(3)16)6-14(15,11(9)10)13(18)20-5-2/h8-11H,4-6,15H2,1-3H3. The summed E-state index contributed by atoms with van der Waals surface area (Å²) in [6, 6.07) is 0. The Morgan fingerprint density at radius 3 is 2.33 bits per heavy atom. The van der Waals surface area contributed by atoms with Crippen LogP contribution in [0.3, 0.4) is 0 Å². The highest BCUT2D eigenvalue weighted by Gasteiger charge is 2.75. The summed E-state index contributed by atoms with van der Waals surface area (Å²) in [7, 11) is 0. The van der Waals surface area contributed by atoms with E-state index in [1.807, 2.05) is 0 Å². The Morgan fingerprint density at radius 1 is 1.19 bits per heavy atom. The van der Waals surface area contributed by atoms with Gasteiger partial charge in [0.25, 0.3) is 0 Å². The van der Waals surface area contributed by atoms with E-state index in [1.54, 1.807) is 13.8 Å². The fourth-order valence-electron chi connectivity index (χ4n) is 3.43. The molecule has 21 heavy (non-hydrogen) atoms. The minimum atomic E-state index is -1.29. The molecular formula is C14H21NO6. The van der Waals surface area contributed by atoms with E-state index in [4.69, 9.17) is 19.9 Å². The molecule has 5 atom stereocenters. The number of nitrogens with two attached hydrogens (primary N) is 1. The Bertz CT molecular complexity index is 464. The van der Waals surface area contributed by atoms with Gasteiger partial charge >= 0.3 is 17.9 Å². The predicted molar refractivity (Wildman–Crippen MR) is 70.8 cm³/mol. The first-order chi connectivity index (χ1) is 9.86. The van der Waals surface area contributed by atoms with Crippen LogP contribution in [-0.2, 0) is 28.6 Å². The molecule has 7 heteroatoms. The molecule has 0 aromatic heterocycles. The maximum atomic E-state index is 12.1. The number of carbonyl (C=O) groups excluding carboxylic acids is 3. The summed E-state index contributed by atoms with van der Waals surface area (Å²) in [5, 5.41) is 0. The van der Waals surface area contributed by atoms with E-state index in [9.17, 15) is 14.4 Å². The van der Waals surface area contributed by atoms with Crippen molar-refractivity contribution < 1.29 is 28.6 Å². The van der Waals surface area contributed by atoms with E-state index in [0.717, 1.165) is 0 Å². The van der Waals surface area contributed by atoms with E-state index >= 15 is 0 Å². The number of fused-ring (bicyclic) bond motifs is 1. The quantitative estimate of drug-likeness (QED) is 0.563. The van der Waals surface area contributed by atoms with Gasteiger partial charge in [-0.1, -0.05) is 0 Å². The highest BCUT2D eigenvalue weighted by molar-refractivity contribution is 5.87. The van der Waals surface area contributed by atoms with Crippen molar-refractivity contribution in [2.24, 2.45) is 23.5 Å². The molecule has 7 nitrogen and oxygen atoms in total. The highest BCUT2D eigenvalue weighted by atomic mass is 16.6. The molecule has 2 N–H and O–H groups in total. The zero-order valence-corrected chi connectivity index (χ0v) is 12.5. The third-order valence-corrected chi connectivity index (χ3v) is 4.17. The van der Waals surface area contributed by atoms with Crippen molar-refractivity contribution in [3.8, 4) is 0 Å². The summed E-state index contributed by atoms with van der Waals surface area (Å²) in [5.74, 6) is -2.56. The molecule has 2 fully saturated rings. The molecule has 2 aliphatic rings. The van der Waals surface area contributed by atoms with Crippen molar-refractivity contribution >= 4 is 17.9 Å². The highest BCUT2D eigenvalue weighted by Crippen LogP contribution is 2.63. The van der Waals surface area contributed by atoms with Gasteiger partial charge in [0, 0.05) is 25.2 Å². The molecule has 0 heterocycles. The molecule has 0 radical (unpaired) electrons. The van der Waals surface area contributed by atoms with Crippen molar-refractivity contribution in [2.75, 3.05) is 13.2 Å². The lowest BCUT2D eigenvalue weighted by Crippen LogP contribution is -2.52. The van der Waals surface area contributed by atoms with Gasteiger partial charge < -0.3 is 19.9 Å². The lowest BCUT2D eigenvalue weighted by atomic mass is 9.91. The monoisotopic (exact) mass is 299 g/mol. The second kappa shape index (κ2) is 5.63. The largest absolute Gasteiger partial charge is 0.466 e. The molecule has 2 aliphatic carbocycles. The van der Waals surface area contributed by atoms with Crippen LogP contribution in [0.4, 0.5) is 0 Å². The van der Waals surface area contributed by atoms with Crippen LogP contribution in [0.25, 0.3) is 0 Å². The van der Waals surface area contributed by atoms with Crippen LogP contribution in [0.2, 0.25) is 0 Å². The molecule has 118 valence electrons. The normalized spacial score (nSPS) is 36.6. The maximum Gasteiger partial charge on any atom is 0.326 e. The molecule has 0 aliphatic heterocycles. The van der Waals surface area contributed by atoms with Gasteiger partial charge in [-0.2, -0.15) is 0 Å². The minimum absolute atomic E-state index is 0.177. The number of esters is 3. The van der Waals surface area contributed by atoms with Crippen LogP contribution in [-0.4, -0.2) is 42.8 Å². The van der Waals surface area contributed by atoms with Crippen LogP contribution in [0.15, 0.2) is 0 Å². The van der Waals surface area contributed by atoms with E-state index in [-0.39, 0.29) is 31.5 Å². The first kappa shape index (κ1) is 15.8. The maximum absolute atomic E-state index is 12.1. The molecule has 0 aromatic carbocycles. The zero-order chi connectivity index (χ0) is 15.8. The molecule has 0 amide bonds. The average molecular weight is 299 g/mol. The Hall–Kier alpha value is -1.63. The van der Waals surface area contributed by atoms with Gasteiger partial charge in [0.15, 0.2) is 0 Å². The van der Waals surface area contributed by atoms with Gasteiger partial charge in [0.1, 0.15) is 11.6 Å². The van der Waals surface area contributed by atoms with Gasteiger partial charge in [-0.3, -0.25) is 14.4 Å². The van der Waals surface area contributed by atoms with E-state index < -0.39 is 35.5 Å². The Morgan fingerprint density at radius 2 is 1.81 bits per heavy atom. The third kappa shape index (κ3) is 2.62. The zero-order valence-electron chi connectivity index (χ0n) is 12.5. The fraction of sp³-hybridized carbons (Fsp3) is 0.786. The first-order valence-corrected chi connectivity index (χ1v) is 7.16. The second-order valence-corrected chi connectivity index (χ2v) is 5.49. The van der Waals surface area contributed by atoms with Crippen LogP contribution in [0.1, 0.15) is 27.2 Å². The number of rotatable bonds is 5. The number of carbonyl (C=O) groups is 3. The van der Waals surface area contributed by atoms with Gasteiger partial charge in [-0.25, -0.2) is 0 Å². The summed E-state index contributed by atoms with van der Waals surface area (Å²) in [4.78, 5) is 35.2. The summed E-state index contributed by atoms with van der Waals surface area (Å²) < 4.78 is 15.2. The van der Waals surface area contributed by atoms with Gasteiger partial charge in [0.05, 0.1) is 19.1 Å². The molecule has 0 spiro atoms. The minimum Gasteiger partial charge on any atom is -0.466 e. The molecule has 0 saturated heterocycles. The molecule has 0 bridgehead atoms. The third-order valence-electron chi connectivity index (χ3n) is 4.17. The second-order valence-electron chi connectivity index (χ2n) is 5.49. The lowest BCUT2D eigenvalue weighted by molar-refractivity contribution is -0.157. The van der Waals surface area contributed by atoms with Gasteiger partial charge in [0.2, 0.25) is 0 Å². The van der Waals surface area contributed by atoms with E-state index in [0.29, 0.717) is 0 Å². The number of hydrogen-bond donors (Lipinski definition) is 1. The predicted octanol–water partition coefficient (Wildman–Crippen LogP) is 0.00770. The SMILES string of the molecule is CCOC(=O)C1C2C(OC(C)=O)CC(N)(C(=O)OCC)C12. The number of ether oxygens (including phenoxy) is 3. The molecule has 2 rings (SSSR count). The van der Waals surface area contributed by atoms with Crippen molar-refractivity contribution in [3.05, 3.63) is 0 Å². The lowest BCUT2D eigenvalue weighted by Gasteiger charge is -2.26. The Balaban J connectivity index is 2.19.